The van der Waals surface area contributed by atoms with Gasteiger partial charge in [0, 0.05) is 6.20 Å². The smallest absolute Gasteiger partial charge is 0.125 e. The summed E-state index contributed by atoms with van der Waals surface area (Å²) < 4.78 is 6.64. The Hall–Kier alpha value is -2.48. The molecule has 152 valence electrons. The summed E-state index contributed by atoms with van der Waals surface area (Å²) in [6, 6.07) is 23.4. The summed E-state index contributed by atoms with van der Waals surface area (Å²) in [6.07, 6.45) is 7.82. The maximum absolute atomic E-state index is 10.1. The third-order valence-electron chi connectivity index (χ3n) is 6.70. The lowest BCUT2D eigenvalue weighted by molar-refractivity contribution is -0.0881. The van der Waals surface area contributed by atoms with Gasteiger partial charge in [-0.05, 0) is 55.6 Å². The molecule has 5 rings (SSSR count). The first-order valence-electron chi connectivity index (χ1n) is 10.9. The molecule has 1 heterocycles. The lowest BCUT2D eigenvalue weighted by Crippen LogP contribution is -2.41. The molecule has 2 saturated carbocycles. The number of nitriles is 1. The van der Waals surface area contributed by atoms with Crippen LogP contribution < -0.4 is 0 Å². The number of rotatable bonds is 6. The third kappa shape index (κ3) is 3.69. The molecule has 3 aromatic rings. The Kier molecular flexibility index (Phi) is 5.18. The van der Waals surface area contributed by atoms with Crippen molar-refractivity contribution < 1.29 is 4.74 Å². The summed E-state index contributed by atoms with van der Waals surface area (Å²) in [5, 5.41) is 11.2. The van der Waals surface area contributed by atoms with Gasteiger partial charge < -0.3 is 4.74 Å². The molecule has 0 amide bonds. The molecule has 1 aromatic heterocycles. The van der Waals surface area contributed by atoms with Crippen molar-refractivity contribution in [1.29, 1.82) is 5.26 Å². The van der Waals surface area contributed by atoms with Crippen molar-refractivity contribution in [3.05, 3.63) is 77.4 Å². The van der Waals surface area contributed by atoms with Crippen molar-refractivity contribution in [3.63, 3.8) is 0 Å². The Morgan fingerprint density at radius 1 is 0.967 bits per heavy atom. The number of ether oxygens (including phenoxy) is 1. The molecule has 0 radical (unpaired) electrons. The summed E-state index contributed by atoms with van der Waals surface area (Å²) in [5.74, 6) is 0.701. The van der Waals surface area contributed by atoms with Gasteiger partial charge in [0.2, 0.25) is 0 Å². The van der Waals surface area contributed by atoms with Gasteiger partial charge in [0.15, 0.2) is 0 Å². The zero-order valence-corrected chi connectivity index (χ0v) is 17.9. The maximum Gasteiger partial charge on any atom is 0.125 e. The lowest BCUT2D eigenvalue weighted by Gasteiger charge is -2.42. The minimum absolute atomic E-state index is 0.366. The van der Waals surface area contributed by atoms with E-state index in [1.807, 2.05) is 30.5 Å². The first-order valence-corrected chi connectivity index (χ1v) is 11.7. The normalized spacial score (nSPS) is 26.2. The zero-order chi connectivity index (χ0) is 20.4. The fourth-order valence-corrected chi connectivity index (χ4v) is 5.63. The summed E-state index contributed by atoms with van der Waals surface area (Å²) in [6.45, 7) is 0.811. The Morgan fingerprint density at radius 2 is 1.63 bits per heavy atom. The fraction of sp³-hybridized carbons (Fsp3) is 0.385. The molecule has 0 aliphatic heterocycles. The standard InChI is InChI=1S/C26H26N2OS/c27-19-25(22-9-5-2-6-10-22)13-15-26(16-14-25,29-18-20-11-12-20)24-28-17-23(30-24)21-7-3-1-4-8-21/h1-10,17,20H,11-16,18H2. The van der Waals surface area contributed by atoms with Gasteiger partial charge in [-0.3, -0.25) is 0 Å². The SMILES string of the molecule is N#CC1(c2ccccc2)CCC(OCC2CC2)(c2ncc(-c3ccccc3)s2)CC1. The van der Waals surface area contributed by atoms with Crippen LogP contribution in [-0.2, 0) is 15.8 Å². The van der Waals surface area contributed by atoms with Crippen LogP contribution in [0, 0.1) is 17.2 Å². The number of hydrogen-bond acceptors (Lipinski definition) is 4. The molecule has 2 aliphatic carbocycles. The summed E-state index contributed by atoms with van der Waals surface area (Å²) in [5.41, 5.74) is 1.54. The van der Waals surface area contributed by atoms with Crippen LogP contribution in [0.3, 0.4) is 0 Å². The van der Waals surface area contributed by atoms with Crippen LogP contribution in [0.2, 0.25) is 0 Å². The zero-order valence-electron chi connectivity index (χ0n) is 17.1. The highest BCUT2D eigenvalue weighted by Gasteiger charge is 2.47. The first-order chi connectivity index (χ1) is 14.7. The largest absolute Gasteiger partial charge is 0.368 e. The molecular weight excluding hydrogens is 388 g/mol. The second kappa shape index (κ2) is 7.98. The molecule has 2 aliphatic rings. The second-order valence-corrected chi connectivity index (χ2v) is 9.73. The molecule has 0 atom stereocenters. The third-order valence-corrected chi connectivity index (χ3v) is 7.93. The van der Waals surface area contributed by atoms with E-state index >= 15 is 0 Å². The van der Waals surface area contributed by atoms with Gasteiger partial charge in [-0.2, -0.15) is 5.26 Å². The number of nitrogens with zero attached hydrogens (tertiary/aromatic N) is 2. The molecule has 0 spiro atoms. The van der Waals surface area contributed by atoms with Crippen molar-refractivity contribution in [1.82, 2.24) is 4.98 Å². The number of thiazole rings is 1. The highest BCUT2D eigenvalue weighted by atomic mass is 32.1. The highest BCUT2D eigenvalue weighted by Crippen LogP contribution is 2.51. The van der Waals surface area contributed by atoms with Crippen molar-refractivity contribution in [2.45, 2.75) is 49.5 Å². The minimum Gasteiger partial charge on any atom is -0.368 e. The predicted molar refractivity (Wildman–Crippen MR) is 120 cm³/mol. The summed E-state index contributed by atoms with van der Waals surface area (Å²) in [4.78, 5) is 6.02. The Labute approximate surface area is 182 Å². The van der Waals surface area contributed by atoms with Gasteiger partial charge in [0.1, 0.15) is 10.6 Å². The molecule has 30 heavy (non-hydrogen) atoms. The number of aromatic nitrogens is 1. The van der Waals surface area contributed by atoms with E-state index in [9.17, 15) is 5.26 Å². The van der Waals surface area contributed by atoms with Crippen LogP contribution in [0.15, 0.2) is 66.9 Å². The average molecular weight is 415 g/mol. The first kappa shape index (κ1) is 19.5. The average Bonchev–Trinajstić information content (AvgIpc) is 3.52. The van der Waals surface area contributed by atoms with E-state index in [1.165, 1.54) is 23.3 Å². The van der Waals surface area contributed by atoms with Crippen molar-refractivity contribution >= 4 is 11.3 Å². The Bertz CT molecular complexity index is 1030. The topological polar surface area (TPSA) is 45.9 Å². The van der Waals surface area contributed by atoms with E-state index in [4.69, 9.17) is 9.72 Å². The van der Waals surface area contributed by atoms with E-state index in [2.05, 4.69) is 42.5 Å². The van der Waals surface area contributed by atoms with Crippen LogP contribution in [0.1, 0.15) is 49.1 Å². The molecule has 2 fully saturated rings. The van der Waals surface area contributed by atoms with E-state index in [0.29, 0.717) is 5.92 Å². The molecule has 3 nitrogen and oxygen atoms in total. The van der Waals surface area contributed by atoms with Gasteiger partial charge in [-0.1, -0.05) is 60.7 Å². The summed E-state index contributed by atoms with van der Waals surface area (Å²) >= 11 is 1.75. The maximum atomic E-state index is 10.1. The molecule has 4 heteroatoms. The van der Waals surface area contributed by atoms with Gasteiger partial charge in [0.25, 0.3) is 0 Å². The van der Waals surface area contributed by atoms with E-state index in [-0.39, 0.29) is 5.60 Å². The number of benzene rings is 2. The quantitative estimate of drug-likeness (QED) is 0.464. The molecule has 0 saturated heterocycles. The van der Waals surface area contributed by atoms with E-state index < -0.39 is 5.41 Å². The highest BCUT2D eigenvalue weighted by molar-refractivity contribution is 7.15. The van der Waals surface area contributed by atoms with Crippen LogP contribution in [0.5, 0.6) is 0 Å². The Balaban J connectivity index is 1.43. The molecule has 0 unspecified atom stereocenters. The van der Waals surface area contributed by atoms with Crippen LogP contribution in [0.4, 0.5) is 0 Å². The van der Waals surface area contributed by atoms with Crippen molar-refractivity contribution in [3.8, 4) is 16.5 Å². The monoisotopic (exact) mass is 414 g/mol. The molecular formula is C26H26N2OS. The summed E-state index contributed by atoms with van der Waals surface area (Å²) in [7, 11) is 0. The Morgan fingerprint density at radius 3 is 2.27 bits per heavy atom. The van der Waals surface area contributed by atoms with Crippen LogP contribution in [0.25, 0.3) is 10.4 Å². The van der Waals surface area contributed by atoms with E-state index in [1.54, 1.807) is 11.3 Å². The molecule has 0 bridgehead atoms. The lowest BCUT2D eigenvalue weighted by atomic mass is 9.66. The number of hydrogen-bond donors (Lipinski definition) is 0. The van der Waals surface area contributed by atoms with Crippen molar-refractivity contribution in [2.24, 2.45) is 5.92 Å². The van der Waals surface area contributed by atoms with Gasteiger partial charge in [-0.25, -0.2) is 4.98 Å². The second-order valence-electron chi connectivity index (χ2n) is 8.70. The van der Waals surface area contributed by atoms with E-state index in [0.717, 1.165) is 42.9 Å². The molecule has 2 aromatic carbocycles. The van der Waals surface area contributed by atoms with Gasteiger partial charge >= 0.3 is 0 Å². The van der Waals surface area contributed by atoms with Gasteiger partial charge in [-0.15, -0.1) is 11.3 Å². The van der Waals surface area contributed by atoms with Crippen LogP contribution >= 0.6 is 11.3 Å². The minimum atomic E-state index is -0.423. The van der Waals surface area contributed by atoms with Crippen molar-refractivity contribution in [2.75, 3.05) is 6.61 Å². The molecule has 0 N–H and O–H groups in total. The van der Waals surface area contributed by atoms with Gasteiger partial charge in [0.05, 0.1) is 23.0 Å². The van der Waals surface area contributed by atoms with Crippen LogP contribution in [-0.4, -0.2) is 11.6 Å². The fourth-order valence-electron chi connectivity index (χ4n) is 4.51. The predicted octanol–water partition coefficient (Wildman–Crippen LogP) is 6.47.